The van der Waals surface area contributed by atoms with Gasteiger partial charge in [-0.25, -0.2) is 0 Å². The number of nitrogens with two attached hydrogens (primary N) is 3. The Balaban J connectivity index is 4.31. The fraction of sp³-hybridized carbons (Fsp3) is 0.500. The largest absolute Gasteiger partial charge is 0.870 e. The first-order valence-corrected chi connectivity index (χ1v) is 4.22. The van der Waals surface area contributed by atoms with Gasteiger partial charge < -0.3 is 31.2 Å². The van der Waals surface area contributed by atoms with Gasteiger partial charge in [-0.2, -0.15) is 0 Å². The van der Waals surface area contributed by atoms with Gasteiger partial charge in [0.1, 0.15) is 0 Å². The molecular formula is C6H12BN3O6. The third-order valence-electron chi connectivity index (χ3n) is 1.18. The van der Waals surface area contributed by atoms with Crippen LogP contribution in [0.15, 0.2) is 0 Å². The highest BCUT2D eigenvalue weighted by molar-refractivity contribution is 6.44. The Morgan fingerprint density at radius 2 is 1.00 bits per heavy atom. The van der Waals surface area contributed by atoms with Crippen molar-refractivity contribution in [3.05, 3.63) is 0 Å². The van der Waals surface area contributed by atoms with E-state index in [9.17, 15) is 14.4 Å². The molecule has 0 spiro atoms. The first-order chi connectivity index (χ1) is 7.53. The van der Waals surface area contributed by atoms with Gasteiger partial charge in [0.2, 0.25) is 0 Å². The zero-order chi connectivity index (χ0) is 12.6. The fourth-order valence-corrected chi connectivity index (χ4v) is 0.538. The van der Waals surface area contributed by atoms with Crippen LogP contribution in [0.2, 0.25) is 0 Å². The molecule has 0 saturated heterocycles. The molecule has 0 amide bonds. The number of carbonyl (C=O) groups excluding carboxylic acids is 3. The summed E-state index contributed by atoms with van der Waals surface area (Å²) in [7, 11) is -1.82. The van der Waals surface area contributed by atoms with Gasteiger partial charge in [0.05, 0.1) is 19.6 Å². The molecule has 0 bridgehead atoms. The van der Waals surface area contributed by atoms with E-state index in [4.69, 9.17) is 17.2 Å². The van der Waals surface area contributed by atoms with Crippen molar-refractivity contribution in [3.63, 3.8) is 0 Å². The lowest BCUT2D eigenvalue weighted by Gasteiger charge is -2.11. The third kappa shape index (κ3) is 5.96. The number of rotatable bonds is 6. The van der Waals surface area contributed by atoms with Crippen molar-refractivity contribution in [1.29, 1.82) is 0 Å². The van der Waals surface area contributed by atoms with Gasteiger partial charge in [-0.1, -0.05) is 0 Å². The molecule has 0 fully saturated rings. The molecule has 0 aliphatic heterocycles. The molecule has 0 radical (unpaired) electrons. The normalized spacial score (nSPS) is 9.19. The molecule has 16 heavy (non-hydrogen) atoms. The topological polar surface area (TPSA) is 157 Å². The van der Waals surface area contributed by atoms with Crippen LogP contribution < -0.4 is 17.2 Å². The van der Waals surface area contributed by atoms with Gasteiger partial charge in [-0.3, -0.25) is 14.4 Å². The van der Waals surface area contributed by atoms with E-state index < -0.39 is 44.9 Å². The lowest BCUT2D eigenvalue weighted by atomic mass is 10.2. The van der Waals surface area contributed by atoms with Crippen molar-refractivity contribution in [2.45, 2.75) is 0 Å². The van der Waals surface area contributed by atoms with Crippen LogP contribution in [0.5, 0.6) is 0 Å². The van der Waals surface area contributed by atoms with Crippen molar-refractivity contribution in [3.8, 4) is 0 Å². The predicted octanol–water partition coefficient (Wildman–Crippen LogP) is -3.52. The first-order valence-electron chi connectivity index (χ1n) is 4.22. The van der Waals surface area contributed by atoms with Crippen molar-refractivity contribution in [2.24, 2.45) is 17.2 Å². The van der Waals surface area contributed by atoms with Crippen LogP contribution in [-0.4, -0.2) is 44.9 Å². The van der Waals surface area contributed by atoms with Crippen molar-refractivity contribution >= 4 is 25.2 Å². The van der Waals surface area contributed by atoms with Crippen LogP contribution in [0, 0.1) is 0 Å². The minimum absolute atomic E-state index is 0.461. The molecule has 0 atom stereocenters. The minimum atomic E-state index is -1.82. The molecule has 0 aromatic rings. The van der Waals surface area contributed by atoms with Crippen molar-refractivity contribution in [2.75, 3.05) is 19.6 Å². The zero-order valence-corrected chi connectivity index (χ0v) is 8.38. The summed E-state index contributed by atoms with van der Waals surface area (Å²) in [6, 6.07) is 0. The fourth-order valence-electron chi connectivity index (χ4n) is 0.538. The molecule has 6 N–H and O–H groups in total. The maximum atomic E-state index is 10.8. The van der Waals surface area contributed by atoms with Gasteiger partial charge in [0.25, 0.3) is 0 Å². The second kappa shape index (κ2) is 7.62. The van der Waals surface area contributed by atoms with E-state index in [2.05, 4.69) is 14.0 Å². The SMILES string of the molecule is NCC(=O)OB(OC(=O)CN)OC(=O)CN. The van der Waals surface area contributed by atoms with E-state index in [-0.39, 0.29) is 0 Å². The first kappa shape index (κ1) is 14.4. The average Bonchev–Trinajstić information content (AvgIpc) is 2.28. The molecule has 90 valence electrons. The van der Waals surface area contributed by atoms with E-state index in [0.29, 0.717) is 0 Å². The van der Waals surface area contributed by atoms with Crippen LogP contribution in [-0.2, 0) is 28.3 Å². The molecule has 0 aromatic heterocycles. The van der Waals surface area contributed by atoms with Crippen LogP contribution in [0.3, 0.4) is 0 Å². The molecule has 9 nitrogen and oxygen atoms in total. The summed E-state index contributed by atoms with van der Waals surface area (Å²) in [5.74, 6) is -2.75. The lowest BCUT2D eigenvalue weighted by Crippen LogP contribution is -2.39. The molecule has 0 aliphatic rings. The Hall–Kier alpha value is -1.65. The molecule has 0 saturated carbocycles. The van der Waals surface area contributed by atoms with Crippen LogP contribution in [0.25, 0.3) is 0 Å². The summed E-state index contributed by atoms with van der Waals surface area (Å²) in [6.45, 7) is -1.38. The summed E-state index contributed by atoms with van der Waals surface area (Å²) in [5, 5.41) is 0. The molecule has 0 aliphatic carbocycles. The Morgan fingerprint density at radius 3 is 1.19 bits per heavy atom. The lowest BCUT2D eigenvalue weighted by molar-refractivity contribution is -0.146. The van der Waals surface area contributed by atoms with Crippen molar-refractivity contribution in [1.82, 2.24) is 0 Å². The van der Waals surface area contributed by atoms with Crippen LogP contribution in [0.1, 0.15) is 0 Å². The predicted molar refractivity (Wildman–Crippen MR) is 51.2 cm³/mol. The second-order valence-corrected chi connectivity index (χ2v) is 2.37. The molecule has 0 aromatic carbocycles. The summed E-state index contributed by atoms with van der Waals surface area (Å²) in [5.41, 5.74) is 14.8. The van der Waals surface area contributed by atoms with Crippen LogP contribution >= 0.6 is 0 Å². The Morgan fingerprint density at radius 1 is 0.750 bits per heavy atom. The third-order valence-corrected chi connectivity index (χ3v) is 1.18. The number of hydrogen-bond acceptors (Lipinski definition) is 9. The highest BCUT2D eigenvalue weighted by Crippen LogP contribution is 1.94. The van der Waals surface area contributed by atoms with Crippen molar-refractivity contribution < 1.29 is 28.3 Å². The van der Waals surface area contributed by atoms with Gasteiger partial charge in [-0.15, -0.1) is 0 Å². The second-order valence-electron chi connectivity index (χ2n) is 2.37. The minimum Gasteiger partial charge on any atom is -0.461 e. The number of carbonyl (C=O) groups is 3. The summed E-state index contributed by atoms with van der Waals surface area (Å²) < 4.78 is 13.2. The monoisotopic (exact) mass is 233 g/mol. The summed E-state index contributed by atoms with van der Waals surface area (Å²) in [4.78, 5) is 32.3. The molecular weight excluding hydrogens is 221 g/mol. The van der Waals surface area contributed by atoms with E-state index in [0.717, 1.165) is 0 Å². The quantitative estimate of drug-likeness (QED) is 0.395. The highest BCUT2D eigenvalue weighted by atomic mass is 16.8. The summed E-state index contributed by atoms with van der Waals surface area (Å²) >= 11 is 0. The Bertz CT molecular complexity index is 230. The zero-order valence-electron chi connectivity index (χ0n) is 8.38. The summed E-state index contributed by atoms with van der Waals surface area (Å²) in [6.07, 6.45) is 0. The average molecular weight is 233 g/mol. The number of hydrogen-bond donors (Lipinski definition) is 3. The molecule has 0 rings (SSSR count). The highest BCUT2D eigenvalue weighted by Gasteiger charge is 2.35. The Kier molecular flexibility index (Phi) is 6.84. The molecule has 10 heteroatoms. The van der Waals surface area contributed by atoms with Gasteiger partial charge >= 0.3 is 25.2 Å². The van der Waals surface area contributed by atoms with E-state index >= 15 is 0 Å². The van der Waals surface area contributed by atoms with Gasteiger partial charge in [0, 0.05) is 0 Å². The molecule has 0 heterocycles. The van der Waals surface area contributed by atoms with E-state index in [1.165, 1.54) is 0 Å². The maximum absolute atomic E-state index is 10.8. The Labute approximate surface area is 91.3 Å². The van der Waals surface area contributed by atoms with Gasteiger partial charge in [0.15, 0.2) is 0 Å². The van der Waals surface area contributed by atoms with Gasteiger partial charge in [-0.05, 0) is 0 Å². The maximum Gasteiger partial charge on any atom is 0.870 e. The standard InChI is InChI=1S/C6H12BN3O6/c8-1-4(11)14-7(15-5(12)2-9)16-6(13)3-10/h1-3,8-10H2. The van der Waals surface area contributed by atoms with Crippen LogP contribution in [0.4, 0.5) is 0 Å². The van der Waals surface area contributed by atoms with E-state index in [1.54, 1.807) is 0 Å². The van der Waals surface area contributed by atoms with E-state index in [1.807, 2.05) is 0 Å². The molecule has 0 unspecified atom stereocenters. The smallest absolute Gasteiger partial charge is 0.461 e.